The van der Waals surface area contributed by atoms with Gasteiger partial charge in [0.2, 0.25) is 5.91 Å². The van der Waals surface area contributed by atoms with Gasteiger partial charge in [0.25, 0.3) is 0 Å². The number of carboxylic acid groups (broad SMARTS) is 1. The van der Waals surface area contributed by atoms with Crippen LogP contribution in [-0.4, -0.2) is 29.2 Å². The lowest BCUT2D eigenvalue weighted by atomic mass is 10.2. The Kier molecular flexibility index (Phi) is 4.39. The lowest BCUT2D eigenvalue weighted by molar-refractivity contribution is -0.146. The second kappa shape index (κ2) is 4.83. The number of carbonyl (C=O) groups excluding carboxylic acids is 1. The van der Waals surface area contributed by atoms with Gasteiger partial charge in [0, 0.05) is 6.42 Å². The monoisotopic (exact) mass is 213 g/mol. The molecule has 0 unspecified atom stereocenters. The number of hydrogen-bond donors (Lipinski definition) is 2. The molecule has 14 heavy (non-hydrogen) atoms. The first kappa shape index (κ1) is 12.7. The topological polar surface area (TPSA) is 66.4 Å². The van der Waals surface area contributed by atoms with Gasteiger partial charge in [0.1, 0.15) is 6.04 Å². The molecular formula is C7H10F3NO3. The maximum atomic E-state index is 11.6. The number of halogens is 3. The van der Waals surface area contributed by atoms with E-state index in [9.17, 15) is 22.8 Å². The highest BCUT2D eigenvalue weighted by molar-refractivity contribution is 5.83. The normalized spacial score (nSPS) is 13.4. The zero-order valence-corrected chi connectivity index (χ0v) is 7.39. The van der Waals surface area contributed by atoms with E-state index < -0.39 is 36.9 Å². The van der Waals surface area contributed by atoms with Gasteiger partial charge < -0.3 is 10.4 Å². The Balaban J connectivity index is 3.83. The van der Waals surface area contributed by atoms with Crippen molar-refractivity contribution in [1.82, 2.24) is 5.32 Å². The van der Waals surface area contributed by atoms with Crippen molar-refractivity contribution in [2.24, 2.45) is 0 Å². The summed E-state index contributed by atoms with van der Waals surface area (Å²) >= 11 is 0. The number of rotatable bonds is 4. The minimum Gasteiger partial charge on any atom is -0.480 e. The molecule has 2 N–H and O–H groups in total. The Morgan fingerprint density at radius 1 is 1.43 bits per heavy atom. The SMILES string of the molecule is C[C@H](NC(=O)CCC(F)(F)F)C(=O)O. The molecule has 0 aliphatic rings. The molecule has 82 valence electrons. The van der Waals surface area contributed by atoms with E-state index in [1.807, 2.05) is 5.32 Å². The molecule has 1 atom stereocenters. The van der Waals surface area contributed by atoms with Crippen LogP contribution in [0.2, 0.25) is 0 Å². The van der Waals surface area contributed by atoms with Crippen LogP contribution >= 0.6 is 0 Å². The maximum absolute atomic E-state index is 11.6. The summed E-state index contributed by atoms with van der Waals surface area (Å²) in [7, 11) is 0. The van der Waals surface area contributed by atoms with Crippen LogP contribution in [0.3, 0.4) is 0 Å². The van der Waals surface area contributed by atoms with Crippen molar-refractivity contribution in [2.75, 3.05) is 0 Å². The van der Waals surface area contributed by atoms with Crippen molar-refractivity contribution in [3.05, 3.63) is 0 Å². The number of hydrogen-bond acceptors (Lipinski definition) is 2. The molecule has 0 bridgehead atoms. The van der Waals surface area contributed by atoms with E-state index in [1.54, 1.807) is 0 Å². The van der Waals surface area contributed by atoms with Gasteiger partial charge in [-0.2, -0.15) is 13.2 Å². The minimum absolute atomic E-state index is 0.749. The van der Waals surface area contributed by atoms with Crippen molar-refractivity contribution in [2.45, 2.75) is 32.0 Å². The van der Waals surface area contributed by atoms with E-state index in [-0.39, 0.29) is 0 Å². The number of alkyl halides is 3. The number of aliphatic carboxylic acids is 1. The van der Waals surface area contributed by atoms with Crippen LogP contribution in [0.4, 0.5) is 13.2 Å². The molecule has 0 spiro atoms. The second-order valence-corrected chi connectivity index (χ2v) is 2.74. The standard InChI is InChI=1S/C7H10F3NO3/c1-4(6(13)14)11-5(12)2-3-7(8,9)10/h4H,2-3H2,1H3,(H,11,12)(H,13,14)/t4-/m0/s1. The summed E-state index contributed by atoms with van der Waals surface area (Å²) in [5.74, 6) is -2.21. The predicted octanol–water partition coefficient (Wildman–Crippen LogP) is 0.918. The Morgan fingerprint density at radius 2 is 1.93 bits per heavy atom. The Hall–Kier alpha value is -1.27. The third-order valence-electron chi connectivity index (χ3n) is 1.38. The Morgan fingerprint density at radius 3 is 2.29 bits per heavy atom. The minimum atomic E-state index is -4.40. The molecule has 0 saturated carbocycles. The van der Waals surface area contributed by atoms with Crippen molar-refractivity contribution < 1.29 is 27.9 Å². The lowest BCUT2D eigenvalue weighted by Crippen LogP contribution is -2.38. The molecule has 0 radical (unpaired) electrons. The summed E-state index contributed by atoms with van der Waals surface area (Å²) in [4.78, 5) is 20.9. The van der Waals surface area contributed by atoms with E-state index in [0.717, 1.165) is 0 Å². The van der Waals surface area contributed by atoms with Gasteiger partial charge in [-0.25, -0.2) is 0 Å². The molecule has 0 saturated heterocycles. The Labute approximate surface area is 78.1 Å². The van der Waals surface area contributed by atoms with Gasteiger partial charge in [-0.1, -0.05) is 0 Å². The fourth-order valence-corrected chi connectivity index (χ4v) is 0.631. The molecule has 0 aromatic heterocycles. The number of amides is 1. The summed E-state index contributed by atoms with van der Waals surface area (Å²) < 4.78 is 34.8. The molecule has 0 fully saturated rings. The van der Waals surface area contributed by atoms with E-state index in [2.05, 4.69) is 0 Å². The fourth-order valence-electron chi connectivity index (χ4n) is 0.631. The first-order valence-electron chi connectivity index (χ1n) is 3.81. The molecule has 7 heteroatoms. The van der Waals surface area contributed by atoms with Crippen molar-refractivity contribution >= 4 is 11.9 Å². The van der Waals surface area contributed by atoms with E-state index in [0.29, 0.717) is 0 Å². The molecule has 4 nitrogen and oxygen atoms in total. The van der Waals surface area contributed by atoms with Gasteiger partial charge in [0.05, 0.1) is 6.42 Å². The lowest BCUT2D eigenvalue weighted by Gasteiger charge is -2.09. The van der Waals surface area contributed by atoms with Crippen molar-refractivity contribution in [1.29, 1.82) is 0 Å². The maximum Gasteiger partial charge on any atom is 0.389 e. The molecule has 0 heterocycles. The van der Waals surface area contributed by atoms with Crippen molar-refractivity contribution in [3.63, 3.8) is 0 Å². The molecular weight excluding hydrogens is 203 g/mol. The second-order valence-electron chi connectivity index (χ2n) is 2.74. The highest BCUT2D eigenvalue weighted by atomic mass is 19.4. The van der Waals surface area contributed by atoms with Crippen LogP contribution in [0.5, 0.6) is 0 Å². The first-order chi connectivity index (χ1) is 6.22. The number of nitrogens with one attached hydrogen (secondary N) is 1. The zero-order valence-electron chi connectivity index (χ0n) is 7.39. The average molecular weight is 213 g/mol. The molecule has 0 aliphatic carbocycles. The molecule has 0 aromatic carbocycles. The smallest absolute Gasteiger partial charge is 0.389 e. The third kappa shape index (κ3) is 6.27. The summed E-state index contributed by atoms with van der Waals surface area (Å²) in [6.45, 7) is 1.17. The van der Waals surface area contributed by atoms with Gasteiger partial charge in [-0.05, 0) is 6.92 Å². The quantitative estimate of drug-likeness (QED) is 0.729. The van der Waals surface area contributed by atoms with E-state index >= 15 is 0 Å². The number of carbonyl (C=O) groups is 2. The highest BCUT2D eigenvalue weighted by Gasteiger charge is 2.28. The number of carboxylic acids is 1. The fraction of sp³-hybridized carbons (Fsp3) is 0.714. The highest BCUT2D eigenvalue weighted by Crippen LogP contribution is 2.20. The van der Waals surface area contributed by atoms with E-state index in [1.165, 1.54) is 6.92 Å². The summed E-state index contributed by atoms with van der Waals surface area (Å²) in [5.41, 5.74) is 0. The van der Waals surface area contributed by atoms with Gasteiger partial charge in [-0.3, -0.25) is 9.59 Å². The Bertz CT molecular complexity index is 227. The van der Waals surface area contributed by atoms with Crippen molar-refractivity contribution in [3.8, 4) is 0 Å². The van der Waals surface area contributed by atoms with Gasteiger partial charge >= 0.3 is 12.1 Å². The van der Waals surface area contributed by atoms with Crippen LogP contribution in [0.1, 0.15) is 19.8 Å². The van der Waals surface area contributed by atoms with Crippen LogP contribution in [0, 0.1) is 0 Å². The van der Waals surface area contributed by atoms with Crippen LogP contribution in [0.15, 0.2) is 0 Å². The van der Waals surface area contributed by atoms with Gasteiger partial charge in [0.15, 0.2) is 0 Å². The molecule has 0 aromatic rings. The first-order valence-corrected chi connectivity index (χ1v) is 3.81. The largest absolute Gasteiger partial charge is 0.480 e. The molecule has 0 aliphatic heterocycles. The van der Waals surface area contributed by atoms with Crippen LogP contribution in [0.25, 0.3) is 0 Å². The molecule has 0 rings (SSSR count). The zero-order chi connectivity index (χ0) is 11.4. The molecule has 1 amide bonds. The summed E-state index contributed by atoms with van der Waals surface area (Å²) in [6, 6.07) is -1.17. The summed E-state index contributed by atoms with van der Waals surface area (Å²) in [5, 5.41) is 10.2. The van der Waals surface area contributed by atoms with Crippen LogP contribution < -0.4 is 5.32 Å². The average Bonchev–Trinajstić information content (AvgIpc) is 1.99. The third-order valence-corrected chi connectivity index (χ3v) is 1.38. The predicted molar refractivity (Wildman–Crippen MR) is 40.5 cm³/mol. The summed E-state index contributed by atoms with van der Waals surface area (Å²) in [6.07, 6.45) is -6.39. The van der Waals surface area contributed by atoms with Gasteiger partial charge in [-0.15, -0.1) is 0 Å². The van der Waals surface area contributed by atoms with E-state index in [4.69, 9.17) is 5.11 Å². The van der Waals surface area contributed by atoms with Crippen LogP contribution in [-0.2, 0) is 9.59 Å².